The van der Waals surface area contributed by atoms with Gasteiger partial charge in [-0.25, -0.2) is 0 Å². The Morgan fingerprint density at radius 3 is 2.22 bits per heavy atom. The summed E-state index contributed by atoms with van der Waals surface area (Å²) in [4.78, 5) is 25.2. The number of hydrogen-bond donors (Lipinski definition) is 0. The zero-order valence-electron chi connectivity index (χ0n) is 14.7. The van der Waals surface area contributed by atoms with Gasteiger partial charge in [-0.05, 0) is 37.3 Å². The van der Waals surface area contributed by atoms with Crippen molar-refractivity contribution in [1.82, 2.24) is 0 Å². The van der Waals surface area contributed by atoms with E-state index in [4.69, 9.17) is 9.47 Å². The van der Waals surface area contributed by atoms with Gasteiger partial charge in [0.15, 0.2) is 5.41 Å². The molecule has 4 nitrogen and oxygen atoms in total. The molecule has 0 saturated carbocycles. The molecule has 0 atom stereocenters. The SMILES string of the molecule is CCCCOC(=O)C(CC)(CC)C(=O)Oc1ccccc1CC. The smallest absolute Gasteiger partial charge is 0.328 e. The third kappa shape index (κ3) is 4.57. The molecule has 23 heavy (non-hydrogen) atoms. The molecule has 0 amide bonds. The topological polar surface area (TPSA) is 52.6 Å². The largest absolute Gasteiger partial charge is 0.465 e. The molecule has 0 heterocycles. The highest BCUT2D eigenvalue weighted by Crippen LogP contribution is 2.32. The fourth-order valence-electron chi connectivity index (χ4n) is 2.45. The summed E-state index contributed by atoms with van der Waals surface area (Å²) in [5.41, 5.74) is -0.282. The average molecular weight is 320 g/mol. The summed E-state index contributed by atoms with van der Waals surface area (Å²) in [6.45, 7) is 8.00. The van der Waals surface area contributed by atoms with E-state index in [9.17, 15) is 9.59 Å². The van der Waals surface area contributed by atoms with E-state index in [1.807, 2.05) is 45.9 Å². The van der Waals surface area contributed by atoms with E-state index in [0.717, 1.165) is 24.8 Å². The zero-order valence-corrected chi connectivity index (χ0v) is 14.7. The highest BCUT2D eigenvalue weighted by molar-refractivity contribution is 6.00. The van der Waals surface area contributed by atoms with Crippen LogP contribution < -0.4 is 4.74 Å². The van der Waals surface area contributed by atoms with Crippen LogP contribution in [0, 0.1) is 5.41 Å². The summed E-state index contributed by atoms with van der Waals surface area (Å²) in [7, 11) is 0. The maximum atomic E-state index is 12.7. The van der Waals surface area contributed by atoms with Gasteiger partial charge in [-0.3, -0.25) is 9.59 Å². The first-order valence-electron chi connectivity index (χ1n) is 8.53. The lowest BCUT2D eigenvalue weighted by Crippen LogP contribution is -2.42. The second kappa shape index (κ2) is 9.33. The van der Waals surface area contributed by atoms with Crippen molar-refractivity contribution in [3.63, 3.8) is 0 Å². The fraction of sp³-hybridized carbons (Fsp3) is 0.579. The van der Waals surface area contributed by atoms with E-state index < -0.39 is 17.4 Å². The first-order valence-corrected chi connectivity index (χ1v) is 8.53. The first-order chi connectivity index (χ1) is 11.1. The van der Waals surface area contributed by atoms with Gasteiger partial charge in [-0.15, -0.1) is 0 Å². The van der Waals surface area contributed by atoms with Gasteiger partial charge in [-0.1, -0.05) is 52.3 Å². The van der Waals surface area contributed by atoms with E-state index in [-0.39, 0.29) is 0 Å². The molecule has 1 aromatic carbocycles. The van der Waals surface area contributed by atoms with Gasteiger partial charge in [-0.2, -0.15) is 0 Å². The molecule has 0 aromatic heterocycles. The van der Waals surface area contributed by atoms with Crippen LogP contribution in [0.2, 0.25) is 0 Å². The molecular formula is C19H28O4. The van der Waals surface area contributed by atoms with Crippen molar-refractivity contribution in [3.05, 3.63) is 29.8 Å². The van der Waals surface area contributed by atoms with E-state index in [1.54, 1.807) is 6.07 Å². The van der Waals surface area contributed by atoms with Crippen molar-refractivity contribution >= 4 is 11.9 Å². The molecule has 0 spiro atoms. The number of unbranched alkanes of at least 4 members (excludes halogenated alkanes) is 1. The number of carbonyl (C=O) groups excluding carboxylic acids is 2. The third-order valence-electron chi connectivity index (χ3n) is 4.28. The molecule has 0 saturated heterocycles. The van der Waals surface area contributed by atoms with Crippen LogP contribution in [-0.4, -0.2) is 18.5 Å². The van der Waals surface area contributed by atoms with Crippen LogP contribution in [0.4, 0.5) is 0 Å². The maximum Gasteiger partial charge on any atom is 0.328 e. The van der Waals surface area contributed by atoms with Crippen molar-refractivity contribution < 1.29 is 19.1 Å². The van der Waals surface area contributed by atoms with Gasteiger partial charge < -0.3 is 9.47 Å². The number of esters is 2. The first kappa shape index (κ1) is 19.2. The Bertz CT molecular complexity index is 518. The van der Waals surface area contributed by atoms with Crippen molar-refractivity contribution in [3.8, 4) is 5.75 Å². The van der Waals surface area contributed by atoms with Gasteiger partial charge in [0.2, 0.25) is 0 Å². The summed E-state index contributed by atoms with van der Waals surface area (Å²) in [6, 6.07) is 7.40. The van der Waals surface area contributed by atoms with Crippen molar-refractivity contribution in [2.45, 2.75) is 59.8 Å². The predicted molar refractivity (Wildman–Crippen MR) is 90.3 cm³/mol. The molecular weight excluding hydrogens is 292 g/mol. The highest BCUT2D eigenvalue weighted by Gasteiger charge is 2.46. The van der Waals surface area contributed by atoms with E-state index in [1.165, 1.54) is 0 Å². The number of hydrogen-bond acceptors (Lipinski definition) is 4. The quantitative estimate of drug-likeness (QED) is 0.294. The third-order valence-corrected chi connectivity index (χ3v) is 4.28. The van der Waals surface area contributed by atoms with Gasteiger partial charge in [0.05, 0.1) is 6.61 Å². The van der Waals surface area contributed by atoms with Crippen molar-refractivity contribution in [2.75, 3.05) is 6.61 Å². The molecule has 4 heteroatoms. The van der Waals surface area contributed by atoms with Crippen molar-refractivity contribution in [1.29, 1.82) is 0 Å². The molecule has 128 valence electrons. The number of para-hydroxylation sites is 1. The standard InChI is InChI=1S/C19H28O4/c1-5-9-14-22-17(20)19(7-3,8-4)18(21)23-16-13-11-10-12-15(16)6-2/h10-13H,5-9,14H2,1-4H3. The summed E-state index contributed by atoms with van der Waals surface area (Å²) in [6.07, 6.45) is 3.22. The maximum absolute atomic E-state index is 12.7. The molecule has 0 aliphatic heterocycles. The number of carbonyl (C=O) groups is 2. The molecule has 1 aromatic rings. The molecule has 1 rings (SSSR count). The molecule has 0 fully saturated rings. The lowest BCUT2D eigenvalue weighted by molar-refractivity contribution is -0.168. The van der Waals surface area contributed by atoms with Crippen LogP contribution >= 0.6 is 0 Å². The summed E-state index contributed by atoms with van der Waals surface area (Å²) in [5, 5.41) is 0. The highest BCUT2D eigenvalue weighted by atomic mass is 16.6. The van der Waals surface area contributed by atoms with E-state index >= 15 is 0 Å². The molecule has 0 bridgehead atoms. The van der Waals surface area contributed by atoms with Crippen LogP contribution in [-0.2, 0) is 20.7 Å². The zero-order chi connectivity index (χ0) is 17.3. The molecule has 0 radical (unpaired) electrons. The van der Waals surface area contributed by atoms with Crippen molar-refractivity contribution in [2.24, 2.45) is 5.41 Å². The number of ether oxygens (including phenoxy) is 2. The Labute approximate surface area is 139 Å². The monoisotopic (exact) mass is 320 g/mol. The van der Waals surface area contributed by atoms with Gasteiger partial charge in [0.25, 0.3) is 0 Å². The Kier molecular flexibility index (Phi) is 7.79. The van der Waals surface area contributed by atoms with Crippen LogP contribution in [0.1, 0.15) is 58.9 Å². The lowest BCUT2D eigenvalue weighted by Gasteiger charge is -2.27. The summed E-state index contributed by atoms with van der Waals surface area (Å²) in [5.74, 6) is -0.479. The number of aryl methyl sites for hydroxylation is 1. The number of benzene rings is 1. The summed E-state index contributed by atoms with van der Waals surface area (Å²) < 4.78 is 10.9. The van der Waals surface area contributed by atoms with Crippen LogP contribution in [0.5, 0.6) is 5.75 Å². The minimum atomic E-state index is -1.23. The van der Waals surface area contributed by atoms with Crippen LogP contribution in [0.15, 0.2) is 24.3 Å². The Morgan fingerprint density at radius 2 is 1.65 bits per heavy atom. The molecule has 0 aliphatic rings. The fourth-order valence-corrected chi connectivity index (χ4v) is 2.45. The number of rotatable bonds is 9. The second-order valence-corrected chi connectivity index (χ2v) is 5.63. The normalized spacial score (nSPS) is 11.1. The van der Waals surface area contributed by atoms with E-state index in [2.05, 4.69) is 0 Å². The van der Waals surface area contributed by atoms with E-state index in [0.29, 0.717) is 25.2 Å². The average Bonchev–Trinajstić information content (AvgIpc) is 2.57. The Balaban J connectivity index is 2.95. The minimum absolute atomic E-state index is 0.343. The van der Waals surface area contributed by atoms with Gasteiger partial charge in [0.1, 0.15) is 5.75 Å². The summed E-state index contributed by atoms with van der Waals surface area (Å²) >= 11 is 0. The Morgan fingerprint density at radius 1 is 1.00 bits per heavy atom. The Hall–Kier alpha value is -1.84. The molecule has 0 N–H and O–H groups in total. The van der Waals surface area contributed by atoms with Gasteiger partial charge >= 0.3 is 11.9 Å². The molecule has 0 unspecified atom stereocenters. The lowest BCUT2D eigenvalue weighted by atomic mass is 9.82. The molecule has 0 aliphatic carbocycles. The van der Waals surface area contributed by atoms with Crippen LogP contribution in [0.3, 0.4) is 0 Å². The van der Waals surface area contributed by atoms with Gasteiger partial charge in [0, 0.05) is 0 Å². The minimum Gasteiger partial charge on any atom is -0.465 e. The predicted octanol–water partition coefficient (Wildman–Crippen LogP) is 4.30. The second-order valence-electron chi connectivity index (χ2n) is 5.63. The van der Waals surface area contributed by atoms with Crippen LogP contribution in [0.25, 0.3) is 0 Å².